The van der Waals surface area contributed by atoms with Crippen molar-refractivity contribution in [2.75, 3.05) is 13.1 Å². The molecule has 0 radical (unpaired) electrons. The number of hydrogen-bond acceptors (Lipinski definition) is 6. The summed E-state index contributed by atoms with van der Waals surface area (Å²) in [5, 5.41) is 3.86. The number of carbonyl (C=O) groups is 1. The average molecular weight is 324 g/mol. The van der Waals surface area contributed by atoms with E-state index in [1.54, 1.807) is 30.8 Å². The third-order valence-electron chi connectivity index (χ3n) is 4.17. The van der Waals surface area contributed by atoms with Crippen LogP contribution in [0.5, 0.6) is 0 Å². The second-order valence-electron chi connectivity index (χ2n) is 5.77. The van der Waals surface area contributed by atoms with Crippen LogP contribution in [0.3, 0.4) is 0 Å². The number of furan rings is 1. The Bertz CT molecular complexity index is 808. The molecule has 3 aromatic rings. The highest BCUT2D eigenvalue weighted by molar-refractivity contribution is 5.77. The molecule has 7 nitrogen and oxygen atoms in total. The van der Waals surface area contributed by atoms with Crippen molar-refractivity contribution in [3.05, 3.63) is 54.4 Å². The van der Waals surface area contributed by atoms with Gasteiger partial charge in [-0.05, 0) is 29.8 Å². The third kappa shape index (κ3) is 2.92. The van der Waals surface area contributed by atoms with E-state index in [0.717, 1.165) is 13.1 Å². The molecule has 4 rings (SSSR count). The number of aromatic nitrogens is 3. The molecule has 0 atom stereocenters. The van der Waals surface area contributed by atoms with Crippen molar-refractivity contribution in [1.82, 2.24) is 20.0 Å². The topological polar surface area (TPSA) is 85.3 Å². The lowest BCUT2D eigenvalue weighted by Gasteiger charge is -2.39. The zero-order valence-corrected chi connectivity index (χ0v) is 13.0. The van der Waals surface area contributed by atoms with Gasteiger partial charge in [-0.1, -0.05) is 5.16 Å². The molecule has 1 amide bonds. The van der Waals surface area contributed by atoms with Gasteiger partial charge in [0, 0.05) is 44.2 Å². The van der Waals surface area contributed by atoms with Crippen LogP contribution >= 0.6 is 0 Å². The number of pyridine rings is 1. The molecule has 1 saturated heterocycles. The zero-order chi connectivity index (χ0) is 16.4. The van der Waals surface area contributed by atoms with Crippen molar-refractivity contribution in [2.24, 2.45) is 0 Å². The highest BCUT2D eigenvalue weighted by atomic mass is 16.5. The fourth-order valence-electron chi connectivity index (χ4n) is 2.76. The number of hydrogen-bond donors (Lipinski definition) is 0. The molecular formula is C17H16N4O3. The van der Waals surface area contributed by atoms with Gasteiger partial charge in [0.15, 0.2) is 5.76 Å². The highest BCUT2D eigenvalue weighted by Gasteiger charge is 2.31. The zero-order valence-electron chi connectivity index (χ0n) is 13.0. The lowest BCUT2D eigenvalue weighted by molar-refractivity contribution is -0.135. The number of aryl methyl sites for hydroxylation is 1. The van der Waals surface area contributed by atoms with Crippen LogP contribution in [-0.2, 0) is 11.2 Å². The van der Waals surface area contributed by atoms with Crippen molar-refractivity contribution in [1.29, 1.82) is 0 Å². The maximum Gasteiger partial charge on any atom is 0.238 e. The Balaban J connectivity index is 1.27. The number of amides is 1. The molecule has 1 aliphatic heterocycles. The summed E-state index contributed by atoms with van der Waals surface area (Å²) in [5.74, 6) is 1.92. The van der Waals surface area contributed by atoms with Crippen LogP contribution in [0.4, 0.5) is 0 Å². The summed E-state index contributed by atoms with van der Waals surface area (Å²) < 4.78 is 10.4. The normalized spacial score (nSPS) is 14.6. The molecule has 0 saturated carbocycles. The predicted octanol–water partition coefficient (Wildman–Crippen LogP) is 2.28. The molecule has 0 unspecified atom stereocenters. The van der Waals surface area contributed by atoms with Gasteiger partial charge in [-0.25, -0.2) is 0 Å². The van der Waals surface area contributed by atoms with E-state index in [0.29, 0.717) is 36.2 Å². The summed E-state index contributed by atoms with van der Waals surface area (Å²) in [5.41, 5.74) is 1.23. The number of carbonyl (C=O) groups excluding carboxylic acids is 1. The Morgan fingerprint density at radius 2 is 2.08 bits per heavy atom. The molecule has 4 heterocycles. The molecule has 122 valence electrons. The van der Waals surface area contributed by atoms with Gasteiger partial charge in [0.05, 0.1) is 6.26 Å². The minimum atomic E-state index is 0.109. The van der Waals surface area contributed by atoms with E-state index in [-0.39, 0.29) is 5.91 Å². The van der Waals surface area contributed by atoms with Gasteiger partial charge in [-0.15, -0.1) is 0 Å². The summed E-state index contributed by atoms with van der Waals surface area (Å²) in [6.45, 7) is 1.51. The lowest BCUT2D eigenvalue weighted by atomic mass is 9.92. The molecule has 1 fully saturated rings. The second kappa shape index (κ2) is 6.27. The predicted molar refractivity (Wildman–Crippen MR) is 83.9 cm³/mol. The number of rotatable bonds is 5. The van der Waals surface area contributed by atoms with E-state index in [1.165, 1.54) is 5.56 Å². The SMILES string of the molecule is O=C(CCc1nc(-c2ccco2)no1)N1CC(c2ccncc2)C1. The highest BCUT2D eigenvalue weighted by Crippen LogP contribution is 2.27. The molecule has 7 heteroatoms. The Morgan fingerprint density at radius 1 is 1.25 bits per heavy atom. The Hall–Kier alpha value is -2.96. The summed E-state index contributed by atoms with van der Waals surface area (Å²) in [4.78, 5) is 22.3. The first kappa shape index (κ1) is 14.6. The Kier molecular flexibility index (Phi) is 3.82. The third-order valence-corrected chi connectivity index (χ3v) is 4.17. The van der Waals surface area contributed by atoms with Crippen molar-refractivity contribution >= 4 is 5.91 Å². The fourth-order valence-corrected chi connectivity index (χ4v) is 2.76. The second-order valence-corrected chi connectivity index (χ2v) is 5.77. The van der Waals surface area contributed by atoms with E-state index in [2.05, 4.69) is 15.1 Å². The molecule has 0 bridgehead atoms. The standard InChI is InChI=1S/C17H16N4O3/c22-16(21-10-13(11-21)12-5-7-18-8-6-12)4-3-15-19-17(20-24-15)14-2-1-9-23-14/h1-2,5-9,13H,3-4,10-11H2. The summed E-state index contributed by atoms with van der Waals surface area (Å²) in [6.07, 6.45) is 5.92. The molecular weight excluding hydrogens is 308 g/mol. The minimum Gasteiger partial charge on any atom is -0.461 e. The van der Waals surface area contributed by atoms with Crippen LogP contribution in [-0.4, -0.2) is 39.0 Å². The van der Waals surface area contributed by atoms with E-state index in [1.807, 2.05) is 17.0 Å². The summed E-state index contributed by atoms with van der Waals surface area (Å²) >= 11 is 0. The van der Waals surface area contributed by atoms with Gasteiger partial charge < -0.3 is 13.8 Å². The minimum absolute atomic E-state index is 0.109. The van der Waals surface area contributed by atoms with Crippen molar-refractivity contribution in [3.8, 4) is 11.6 Å². The summed E-state index contributed by atoms with van der Waals surface area (Å²) in [7, 11) is 0. The molecule has 0 aromatic carbocycles. The molecule has 0 N–H and O–H groups in total. The van der Waals surface area contributed by atoms with Gasteiger partial charge in [0.25, 0.3) is 0 Å². The smallest absolute Gasteiger partial charge is 0.238 e. The van der Waals surface area contributed by atoms with Crippen LogP contribution in [0.25, 0.3) is 11.6 Å². The molecule has 3 aromatic heterocycles. The first-order valence-electron chi connectivity index (χ1n) is 7.84. The average Bonchev–Trinajstić information content (AvgIpc) is 3.24. The van der Waals surface area contributed by atoms with E-state index >= 15 is 0 Å². The fraction of sp³-hybridized carbons (Fsp3) is 0.294. The summed E-state index contributed by atoms with van der Waals surface area (Å²) in [6, 6.07) is 7.53. The Labute approximate surface area is 138 Å². The van der Waals surface area contributed by atoms with Crippen molar-refractivity contribution in [3.63, 3.8) is 0 Å². The van der Waals surface area contributed by atoms with Gasteiger partial charge in [0.1, 0.15) is 0 Å². The van der Waals surface area contributed by atoms with Gasteiger partial charge in [-0.3, -0.25) is 9.78 Å². The van der Waals surface area contributed by atoms with Gasteiger partial charge in [-0.2, -0.15) is 4.98 Å². The van der Waals surface area contributed by atoms with Crippen LogP contribution < -0.4 is 0 Å². The largest absolute Gasteiger partial charge is 0.461 e. The molecule has 1 aliphatic rings. The van der Waals surface area contributed by atoms with Crippen LogP contribution in [0, 0.1) is 0 Å². The Morgan fingerprint density at radius 3 is 2.83 bits per heavy atom. The van der Waals surface area contributed by atoms with Gasteiger partial charge in [0.2, 0.25) is 17.6 Å². The van der Waals surface area contributed by atoms with Crippen LogP contribution in [0.2, 0.25) is 0 Å². The first-order valence-corrected chi connectivity index (χ1v) is 7.84. The van der Waals surface area contributed by atoms with Crippen LogP contribution in [0.1, 0.15) is 23.8 Å². The first-order chi connectivity index (χ1) is 11.8. The van der Waals surface area contributed by atoms with Crippen molar-refractivity contribution < 1.29 is 13.7 Å². The monoisotopic (exact) mass is 324 g/mol. The van der Waals surface area contributed by atoms with Gasteiger partial charge >= 0.3 is 0 Å². The van der Waals surface area contributed by atoms with E-state index in [4.69, 9.17) is 8.94 Å². The van der Waals surface area contributed by atoms with E-state index < -0.39 is 0 Å². The molecule has 24 heavy (non-hydrogen) atoms. The molecule has 0 spiro atoms. The lowest BCUT2D eigenvalue weighted by Crippen LogP contribution is -2.48. The molecule has 0 aliphatic carbocycles. The number of likely N-dealkylation sites (tertiary alicyclic amines) is 1. The maximum absolute atomic E-state index is 12.2. The van der Waals surface area contributed by atoms with E-state index in [9.17, 15) is 4.79 Å². The van der Waals surface area contributed by atoms with Crippen molar-refractivity contribution in [2.45, 2.75) is 18.8 Å². The number of nitrogens with zero attached hydrogens (tertiary/aromatic N) is 4. The van der Waals surface area contributed by atoms with Crippen LogP contribution in [0.15, 0.2) is 51.9 Å². The quantitative estimate of drug-likeness (QED) is 0.716. The maximum atomic E-state index is 12.2.